The van der Waals surface area contributed by atoms with Crippen LogP contribution in [0.15, 0.2) is 42.5 Å². The number of methoxy groups -OCH3 is 1. The van der Waals surface area contributed by atoms with Crippen LogP contribution in [0, 0.1) is 5.92 Å². The van der Waals surface area contributed by atoms with E-state index in [1.807, 2.05) is 31.2 Å². The first-order chi connectivity index (χ1) is 15.5. The predicted molar refractivity (Wildman–Crippen MR) is 127 cm³/mol. The third kappa shape index (κ3) is 6.50. The number of nitrogens with one attached hydrogen (secondary N) is 2. The Morgan fingerprint density at radius 2 is 1.97 bits per heavy atom. The molecule has 7 heteroatoms. The topological polar surface area (TPSA) is 76.7 Å². The SMILES string of the molecule is CCOc1cc(/C=C/C(=O)NCc2cccc(NC(=O)C3CCCC3)c2)cc(Cl)c1OC. The molecule has 3 rings (SSSR count). The zero-order chi connectivity index (χ0) is 22.9. The van der Waals surface area contributed by atoms with Crippen LogP contribution in [0.1, 0.15) is 43.7 Å². The standard InChI is InChI=1S/C25H29ClN2O4/c1-3-32-22-15-17(14-21(26)24(22)31-2)11-12-23(29)27-16-18-7-6-10-20(13-18)28-25(30)19-8-4-5-9-19/h6-7,10-15,19H,3-5,8-9,16H2,1-2H3,(H,27,29)(H,28,30)/b12-11+. The van der Waals surface area contributed by atoms with E-state index in [9.17, 15) is 9.59 Å². The second-order valence-electron chi connectivity index (χ2n) is 7.69. The van der Waals surface area contributed by atoms with Crippen molar-refractivity contribution in [1.82, 2.24) is 5.32 Å². The van der Waals surface area contributed by atoms with Crippen LogP contribution in [0.25, 0.3) is 6.08 Å². The van der Waals surface area contributed by atoms with Crippen LogP contribution in [0.5, 0.6) is 11.5 Å². The summed E-state index contributed by atoms with van der Waals surface area (Å²) < 4.78 is 10.8. The fourth-order valence-corrected chi connectivity index (χ4v) is 4.05. The molecule has 0 atom stereocenters. The molecule has 1 aliphatic rings. The summed E-state index contributed by atoms with van der Waals surface area (Å²) in [6.45, 7) is 2.70. The van der Waals surface area contributed by atoms with Crippen LogP contribution in [0.2, 0.25) is 5.02 Å². The summed E-state index contributed by atoms with van der Waals surface area (Å²) in [5, 5.41) is 6.25. The molecule has 0 bridgehead atoms. The molecule has 0 saturated heterocycles. The molecule has 32 heavy (non-hydrogen) atoms. The zero-order valence-corrected chi connectivity index (χ0v) is 19.2. The van der Waals surface area contributed by atoms with E-state index in [2.05, 4.69) is 10.6 Å². The second kappa shape index (κ2) is 11.6. The lowest BCUT2D eigenvalue weighted by molar-refractivity contribution is -0.119. The molecule has 0 unspecified atom stereocenters. The van der Waals surface area contributed by atoms with Gasteiger partial charge in [-0.3, -0.25) is 9.59 Å². The van der Waals surface area contributed by atoms with Gasteiger partial charge in [0, 0.05) is 24.2 Å². The van der Waals surface area contributed by atoms with Gasteiger partial charge in [-0.2, -0.15) is 0 Å². The Kier molecular flexibility index (Phi) is 8.56. The number of hydrogen-bond donors (Lipinski definition) is 2. The number of halogens is 1. The number of carbonyl (C=O) groups excluding carboxylic acids is 2. The van der Waals surface area contributed by atoms with E-state index in [0.29, 0.717) is 29.7 Å². The fourth-order valence-electron chi connectivity index (χ4n) is 3.76. The summed E-state index contributed by atoms with van der Waals surface area (Å²) >= 11 is 6.25. The third-order valence-corrected chi connectivity index (χ3v) is 5.63. The summed E-state index contributed by atoms with van der Waals surface area (Å²) in [6, 6.07) is 11.0. The minimum absolute atomic E-state index is 0.0798. The molecule has 1 fully saturated rings. The van der Waals surface area contributed by atoms with Crippen molar-refractivity contribution >= 4 is 35.2 Å². The molecule has 0 heterocycles. The number of ether oxygens (including phenoxy) is 2. The minimum atomic E-state index is -0.240. The molecule has 0 aromatic heterocycles. The molecule has 2 aromatic carbocycles. The van der Waals surface area contributed by atoms with E-state index >= 15 is 0 Å². The maximum Gasteiger partial charge on any atom is 0.244 e. The Balaban J connectivity index is 1.57. The average Bonchev–Trinajstić information content (AvgIpc) is 3.32. The van der Waals surface area contributed by atoms with Crippen LogP contribution in [0.3, 0.4) is 0 Å². The van der Waals surface area contributed by atoms with Crippen molar-refractivity contribution in [3.8, 4) is 11.5 Å². The number of hydrogen-bond acceptors (Lipinski definition) is 4. The highest BCUT2D eigenvalue weighted by molar-refractivity contribution is 6.32. The van der Waals surface area contributed by atoms with Crippen LogP contribution in [-0.4, -0.2) is 25.5 Å². The maximum atomic E-state index is 12.3. The smallest absolute Gasteiger partial charge is 0.244 e. The van der Waals surface area contributed by atoms with Gasteiger partial charge in [0.25, 0.3) is 0 Å². The molecule has 0 spiro atoms. The Morgan fingerprint density at radius 3 is 2.69 bits per heavy atom. The minimum Gasteiger partial charge on any atom is -0.491 e. The Morgan fingerprint density at radius 1 is 1.19 bits per heavy atom. The summed E-state index contributed by atoms with van der Waals surface area (Å²) in [4.78, 5) is 24.6. The van der Waals surface area contributed by atoms with Crippen LogP contribution in [-0.2, 0) is 16.1 Å². The first-order valence-electron chi connectivity index (χ1n) is 10.9. The highest BCUT2D eigenvalue weighted by Crippen LogP contribution is 2.36. The van der Waals surface area contributed by atoms with Crippen LogP contribution in [0.4, 0.5) is 5.69 Å². The molecule has 2 aromatic rings. The van der Waals surface area contributed by atoms with Gasteiger partial charge in [-0.15, -0.1) is 0 Å². The Bertz CT molecular complexity index is 984. The predicted octanol–water partition coefficient (Wildman–Crippen LogP) is 5.21. The van der Waals surface area contributed by atoms with Crippen molar-refractivity contribution in [1.29, 1.82) is 0 Å². The van der Waals surface area contributed by atoms with E-state index in [0.717, 1.165) is 42.5 Å². The number of anilines is 1. The second-order valence-corrected chi connectivity index (χ2v) is 8.10. The van der Waals surface area contributed by atoms with Gasteiger partial charge in [-0.05, 0) is 61.2 Å². The summed E-state index contributed by atoms with van der Waals surface area (Å²) in [6.07, 6.45) is 7.26. The van der Waals surface area contributed by atoms with Crippen molar-refractivity contribution < 1.29 is 19.1 Å². The molecular weight excluding hydrogens is 428 g/mol. The van der Waals surface area contributed by atoms with Gasteiger partial charge in [0.2, 0.25) is 11.8 Å². The molecular formula is C25H29ClN2O4. The molecule has 170 valence electrons. The molecule has 1 aliphatic carbocycles. The molecule has 2 amide bonds. The van der Waals surface area contributed by atoms with Crippen molar-refractivity contribution in [3.05, 3.63) is 58.6 Å². The quantitative estimate of drug-likeness (QED) is 0.508. The normalized spacial score (nSPS) is 13.8. The number of rotatable bonds is 9. The first kappa shape index (κ1) is 23.7. The maximum absolute atomic E-state index is 12.3. The average molecular weight is 457 g/mol. The van der Waals surface area contributed by atoms with Gasteiger partial charge in [0.1, 0.15) is 0 Å². The van der Waals surface area contributed by atoms with Crippen LogP contribution < -0.4 is 20.1 Å². The van der Waals surface area contributed by atoms with Gasteiger partial charge in [-0.25, -0.2) is 0 Å². The van der Waals surface area contributed by atoms with Gasteiger partial charge >= 0.3 is 0 Å². The van der Waals surface area contributed by atoms with Crippen molar-refractivity contribution in [2.24, 2.45) is 5.92 Å². The zero-order valence-electron chi connectivity index (χ0n) is 18.4. The Labute approximate surface area is 193 Å². The molecule has 1 saturated carbocycles. The largest absolute Gasteiger partial charge is 0.491 e. The lowest BCUT2D eigenvalue weighted by atomic mass is 10.1. The van der Waals surface area contributed by atoms with Crippen molar-refractivity contribution in [2.45, 2.75) is 39.2 Å². The van der Waals surface area contributed by atoms with Gasteiger partial charge < -0.3 is 20.1 Å². The van der Waals surface area contributed by atoms with Crippen molar-refractivity contribution in [3.63, 3.8) is 0 Å². The molecule has 2 N–H and O–H groups in total. The molecule has 6 nitrogen and oxygen atoms in total. The van der Waals surface area contributed by atoms with E-state index in [1.54, 1.807) is 18.2 Å². The number of amides is 2. The summed E-state index contributed by atoms with van der Waals surface area (Å²) in [5.74, 6) is 0.943. The third-order valence-electron chi connectivity index (χ3n) is 5.35. The van der Waals surface area contributed by atoms with E-state index in [-0.39, 0.29) is 17.7 Å². The molecule has 0 aliphatic heterocycles. The summed E-state index contributed by atoms with van der Waals surface area (Å²) in [5.41, 5.74) is 2.38. The fraction of sp³-hybridized carbons (Fsp3) is 0.360. The molecule has 0 radical (unpaired) electrons. The lowest BCUT2D eigenvalue weighted by Crippen LogP contribution is -2.21. The lowest BCUT2D eigenvalue weighted by Gasteiger charge is -2.12. The van der Waals surface area contributed by atoms with E-state index < -0.39 is 0 Å². The van der Waals surface area contributed by atoms with Gasteiger partial charge in [0.05, 0.1) is 18.7 Å². The van der Waals surface area contributed by atoms with E-state index in [4.69, 9.17) is 21.1 Å². The van der Waals surface area contributed by atoms with E-state index in [1.165, 1.54) is 13.2 Å². The number of carbonyl (C=O) groups is 2. The Hall–Kier alpha value is -2.99. The monoisotopic (exact) mass is 456 g/mol. The van der Waals surface area contributed by atoms with Gasteiger partial charge in [0.15, 0.2) is 11.5 Å². The highest BCUT2D eigenvalue weighted by atomic mass is 35.5. The highest BCUT2D eigenvalue weighted by Gasteiger charge is 2.22. The van der Waals surface area contributed by atoms with Crippen LogP contribution >= 0.6 is 11.6 Å². The summed E-state index contributed by atoms with van der Waals surface area (Å²) in [7, 11) is 1.53. The first-order valence-corrected chi connectivity index (χ1v) is 11.2. The van der Waals surface area contributed by atoms with Crippen molar-refractivity contribution in [2.75, 3.05) is 19.0 Å². The van der Waals surface area contributed by atoms with Gasteiger partial charge in [-0.1, -0.05) is 36.6 Å². The number of benzene rings is 2.